The van der Waals surface area contributed by atoms with Crippen molar-refractivity contribution in [2.24, 2.45) is 0 Å². The number of nitrogens with zero attached hydrogens (tertiary/aromatic N) is 3. The number of aromatic nitrogens is 3. The molecule has 0 fully saturated rings. The number of nitrogens with two attached hydrogens (primary N) is 1. The molecule has 0 saturated heterocycles. The van der Waals surface area contributed by atoms with Crippen LogP contribution in [0.5, 0.6) is 5.75 Å². The van der Waals surface area contributed by atoms with Crippen LogP contribution in [0.4, 0.5) is 5.82 Å². The highest BCUT2D eigenvalue weighted by molar-refractivity contribution is 6.06. The summed E-state index contributed by atoms with van der Waals surface area (Å²) in [7, 11) is 1.69. The molecule has 3 N–H and O–H groups in total. The molecule has 0 aliphatic carbocycles. The third-order valence-corrected chi connectivity index (χ3v) is 5.70. The minimum Gasteiger partial charge on any atom is -0.427 e. The number of ether oxygens (including phenoxy) is 2. The lowest BCUT2D eigenvalue weighted by atomic mass is 10.2. The van der Waals surface area contributed by atoms with E-state index in [1.54, 1.807) is 20.1 Å². The lowest BCUT2D eigenvalue weighted by Gasteiger charge is -2.12. The highest BCUT2D eigenvalue weighted by Gasteiger charge is 2.17. The van der Waals surface area contributed by atoms with Gasteiger partial charge in [-0.2, -0.15) is 0 Å². The van der Waals surface area contributed by atoms with Crippen molar-refractivity contribution >= 4 is 33.7 Å². The highest BCUT2D eigenvalue weighted by atomic mass is 16.5. The number of esters is 1. The number of para-hydroxylation sites is 1. The van der Waals surface area contributed by atoms with Gasteiger partial charge in [-0.1, -0.05) is 37.3 Å². The van der Waals surface area contributed by atoms with E-state index in [0.717, 1.165) is 52.8 Å². The van der Waals surface area contributed by atoms with Crippen LogP contribution in [-0.4, -0.2) is 40.8 Å². The topological polar surface area (TPSA) is 104 Å². The number of benzene rings is 2. The van der Waals surface area contributed by atoms with E-state index in [2.05, 4.69) is 20.9 Å². The van der Waals surface area contributed by atoms with Crippen LogP contribution in [-0.2, 0) is 29.0 Å². The summed E-state index contributed by atoms with van der Waals surface area (Å²) in [5.41, 5.74) is 9.98. The zero-order valence-corrected chi connectivity index (χ0v) is 19.7. The molecule has 0 unspecified atom stereocenters. The Balaban J connectivity index is 1.46. The van der Waals surface area contributed by atoms with Gasteiger partial charge in [0.2, 0.25) is 0 Å². The fourth-order valence-electron chi connectivity index (χ4n) is 4.05. The second-order valence-corrected chi connectivity index (χ2v) is 8.14. The van der Waals surface area contributed by atoms with Crippen molar-refractivity contribution in [3.8, 4) is 5.75 Å². The number of nitrogen functional groups attached to an aromatic ring is 1. The summed E-state index contributed by atoms with van der Waals surface area (Å²) in [6.07, 6.45) is 1.97. The number of hydrogen-bond donors (Lipinski definition) is 2. The molecule has 0 radical (unpaired) electrons. The standard InChI is InChI=1S/C26H31N5O3/c1-3-23(32)34-19-9-6-8-18(16-19)17-28-13-7-14-31-22(12-15-33-2)30-24-25(31)20-10-4-5-11-21(20)29-26(24)27/h4-6,8-11,16,28H,3,7,12-15,17H2,1-2H3,(H2,27,29). The number of rotatable bonds is 11. The summed E-state index contributed by atoms with van der Waals surface area (Å²) in [5.74, 6) is 1.75. The molecule has 0 bridgehead atoms. The summed E-state index contributed by atoms with van der Waals surface area (Å²) in [6.45, 7) is 4.68. The van der Waals surface area contributed by atoms with E-state index in [-0.39, 0.29) is 5.97 Å². The van der Waals surface area contributed by atoms with Crippen LogP contribution in [0, 0.1) is 0 Å². The summed E-state index contributed by atoms with van der Waals surface area (Å²) in [6, 6.07) is 15.6. The zero-order valence-electron chi connectivity index (χ0n) is 19.7. The lowest BCUT2D eigenvalue weighted by Crippen LogP contribution is -2.17. The van der Waals surface area contributed by atoms with Crippen LogP contribution in [0.3, 0.4) is 0 Å². The Morgan fingerprint density at radius 2 is 2.00 bits per heavy atom. The van der Waals surface area contributed by atoms with E-state index in [4.69, 9.17) is 20.2 Å². The Hall–Kier alpha value is -3.49. The van der Waals surface area contributed by atoms with Crippen LogP contribution in [0.2, 0.25) is 0 Å². The number of carbonyl (C=O) groups excluding carboxylic acids is 1. The maximum atomic E-state index is 11.5. The summed E-state index contributed by atoms with van der Waals surface area (Å²) >= 11 is 0. The van der Waals surface area contributed by atoms with Gasteiger partial charge in [0.15, 0.2) is 5.82 Å². The molecule has 2 aromatic heterocycles. The fraction of sp³-hybridized carbons (Fsp3) is 0.346. The minimum atomic E-state index is -0.231. The minimum absolute atomic E-state index is 0.231. The van der Waals surface area contributed by atoms with Gasteiger partial charge in [-0.15, -0.1) is 0 Å². The number of methoxy groups -OCH3 is 1. The van der Waals surface area contributed by atoms with Crippen molar-refractivity contribution in [3.63, 3.8) is 0 Å². The molecule has 8 nitrogen and oxygen atoms in total. The molecule has 34 heavy (non-hydrogen) atoms. The van der Waals surface area contributed by atoms with Crippen molar-refractivity contribution < 1.29 is 14.3 Å². The maximum Gasteiger partial charge on any atom is 0.310 e. The third kappa shape index (κ3) is 5.35. The number of aryl methyl sites for hydroxylation is 1. The van der Waals surface area contributed by atoms with Gasteiger partial charge in [0.05, 0.1) is 17.6 Å². The Morgan fingerprint density at radius 1 is 1.15 bits per heavy atom. The number of carbonyl (C=O) groups is 1. The first-order valence-corrected chi connectivity index (χ1v) is 11.6. The van der Waals surface area contributed by atoms with E-state index in [1.165, 1.54) is 0 Å². The van der Waals surface area contributed by atoms with Gasteiger partial charge in [0.1, 0.15) is 17.1 Å². The Labute approximate surface area is 199 Å². The van der Waals surface area contributed by atoms with E-state index < -0.39 is 0 Å². The number of anilines is 1. The SMILES string of the molecule is CCC(=O)Oc1cccc(CNCCCn2c(CCOC)nc3c(N)nc4ccccc4c32)c1. The Bertz CT molecular complexity index is 1280. The van der Waals surface area contributed by atoms with Crippen molar-refractivity contribution in [3.05, 3.63) is 59.9 Å². The molecular formula is C26H31N5O3. The van der Waals surface area contributed by atoms with Gasteiger partial charge in [-0.3, -0.25) is 4.79 Å². The van der Waals surface area contributed by atoms with Crippen LogP contribution >= 0.6 is 0 Å². The van der Waals surface area contributed by atoms with Crippen LogP contribution in [0.25, 0.3) is 21.9 Å². The average molecular weight is 462 g/mol. The molecule has 0 atom stereocenters. The molecule has 0 amide bonds. The highest BCUT2D eigenvalue weighted by Crippen LogP contribution is 2.29. The molecule has 4 aromatic rings. The van der Waals surface area contributed by atoms with E-state index in [0.29, 0.717) is 37.6 Å². The first-order chi connectivity index (χ1) is 16.6. The van der Waals surface area contributed by atoms with Gasteiger partial charge in [0, 0.05) is 38.4 Å². The molecule has 0 aliphatic heterocycles. The molecule has 0 spiro atoms. The van der Waals surface area contributed by atoms with Gasteiger partial charge in [0.25, 0.3) is 0 Å². The zero-order chi connectivity index (χ0) is 23.9. The van der Waals surface area contributed by atoms with Gasteiger partial charge in [-0.05, 0) is 36.7 Å². The number of hydrogen-bond acceptors (Lipinski definition) is 7. The first-order valence-electron chi connectivity index (χ1n) is 11.6. The number of pyridine rings is 1. The molecule has 0 aliphatic rings. The van der Waals surface area contributed by atoms with Crippen molar-refractivity contribution in [2.75, 3.05) is 26.0 Å². The van der Waals surface area contributed by atoms with Crippen molar-refractivity contribution in [1.29, 1.82) is 0 Å². The monoisotopic (exact) mass is 461 g/mol. The van der Waals surface area contributed by atoms with Crippen molar-refractivity contribution in [1.82, 2.24) is 19.9 Å². The number of fused-ring (bicyclic) bond motifs is 3. The second kappa shape index (κ2) is 11.1. The quantitative estimate of drug-likeness (QED) is 0.199. The first kappa shape index (κ1) is 23.7. The second-order valence-electron chi connectivity index (χ2n) is 8.14. The van der Waals surface area contributed by atoms with E-state index >= 15 is 0 Å². The lowest BCUT2D eigenvalue weighted by molar-refractivity contribution is -0.134. The average Bonchev–Trinajstić information content (AvgIpc) is 3.22. The third-order valence-electron chi connectivity index (χ3n) is 5.70. The predicted octanol–water partition coefficient (Wildman–Crippen LogP) is 3.85. The van der Waals surface area contributed by atoms with Crippen molar-refractivity contribution in [2.45, 2.75) is 39.3 Å². The van der Waals surface area contributed by atoms with Crippen LogP contribution < -0.4 is 15.8 Å². The van der Waals surface area contributed by atoms with Gasteiger partial charge < -0.3 is 25.1 Å². The number of imidazole rings is 1. The molecule has 2 heterocycles. The van der Waals surface area contributed by atoms with Gasteiger partial charge >= 0.3 is 5.97 Å². The fourth-order valence-corrected chi connectivity index (χ4v) is 4.05. The Morgan fingerprint density at radius 3 is 2.82 bits per heavy atom. The smallest absolute Gasteiger partial charge is 0.310 e. The maximum absolute atomic E-state index is 11.5. The van der Waals surface area contributed by atoms with E-state index in [9.17, 15) is 4.79 Å². The van der Waals surface area contributed by atoms with E-state index in [1.807, 2.05) is 36.4 Å². The van der Waals surface area contributed by atoms with Crippen LogP contribution in [0.15, 0.2) is 48.5 Å². The van der Waals surface area contributed by atoms with Gasteiger partial charge in [-0.25, -0.2) is 9.97 Å². The largest absolute Gasteiger partial charge is 0.427 e. The summed E-state index contributed by atoms with van der Waals surface area (Å²) in [4.78, 5) is 20.9. The molecule has 4 rings (SSSR count). The molecule has 178 valence electrons. The summed E-state index contributed by atoms with van der Waals surface area (Å²) < 4.78 is 12.9. The number of nitrogens with one attached hydrogen (secondary N) is 1. The molecular weight excluding hydrogens is 430 g/mol. The Kier molecular flexibility index (Phi) is 7.72. The molecule has 8 heteroatoms. The summed E-state index contributed by atoms with van der Waals surface area (Å²) in [5, 5.41) is 4.53. The predicted molar refractivity (Wildman–Crippen MR) is 134 cm³/mol. The molecule has 0 saturated carbocycles. The van der Waals surface area contributed by atoms with Crippen LogP contribution in [0.1, 0.15) is 31.2 Å². The molecule has 2 aromatic carbocycles. The normalized spacial score (nSPS) is 11.4.